The van der Waals surface area contributed by atoms with Gasteiger partial charge in [0, 0.05) is 23.5 Å². The van der Waals surface area contributed by atoms with Gasteiger partial charge in [0.15, 0.2) is 0 Å². The van der Waals surface area contributed by atoms with E-state index in [0.717, 1.165) is 16.5 Å². The molecule has 3 rings (SSSR count). The number of amides is 3. The molecule has 4 unspecified atom stereocenters. The maximum absolute atomic E-state index is 13.1. The lowest BCUT2D eigenvalue weighted by Gasteiger charge is -2.26. The molecular weight excluding hydrogens is 546 g/mol. The smallest absolute Gasteiger partial charge is 0.326 e. The van der Waals surface area contributed by atoms with Crippen LogP contribution in [0.25, 0.3) is 10.9 Å². The van der Waals surface area contributed by atoms with Crippen LogP contribution in [-0.2, 0) is 36.8 Å². The lowest BCUT2D eigenvalue weighted by Crippen LogP contribution is -2.59. The Bertz CT molecular complexity index is 1440. The number of phenolic OH excluding ortho intramolecular Hbond substituents is 1. The highest BCUT2D eigenvalue weighted by Crippen LogP contribution is 2.19. The van der Waals surface area contributed by atoms with Crippen LogP contribution in [0.2, 0.25) is 0 Å². The van der Waals surface area contributed by atoms with Gasteiger partial charge in [-0.3, -0.25) is 19.2 Å². The van der Waals surface area contributed by atoms with Crippen LogP contribution in [0.1, 0.15) is 31.4 Å². The van der Waals surface area contributed by atoms with E-state index >= 15 is 0 Å². The minimum Gasteiger partial charge on any atom is -0.508 e. The molecular formula is C29H35N5O8. The number of nitrogens with two attached hydrogens (primary N) is 1. The number of carboxylic acids is 2. The topological polar surface area (TPSA) is 224 Å². The molecule has 0 aliphatic rings. The lowest BCUT2D eigenvalue weighted by atomic mass is 10.0. The van der Waals surface area contributed by atoms with Gasteiger partial charge in [-0.25, -0.2) is 4.79 Å². The number of aromatic nitrogens is 1. The van der Waals surface area contributed by atoms with Gasteiger partial charge in [0.25, 0.3) is 0 Å². The highest BCUT2D eigenvalue weighted by Gasteiger charge is 2.33. The summed E-state index contributed by atoms with van der Waals surface area (Å²) >= 11 is 0. The average Bonchev–Trinajstić information content (AvgIpc) is 3.33. The lowest BCUT2D eigenvalue weighted by molar-refractivity contribution is -0.143. The number of benzene rings is 2. The molecule has 0 aliphatic carbocycles. The number of aliphatic carboxylic acids is 2. The summed E-state index contributed by atoms with van der Waals surface area (Å²) in [5, 5.41) is 36.6. The van der Waals surface area contributed by atoms with Crippen molar-refractivity contribution < 1.29 is 39.3 Å². The molecule has 0 bridgehead atoms. The van der Waals surface area contributed by atoms with Crippen LogP contribution in [0.3, 0.4) is 0 Å². The highest BCUT2D eigenvalue weighted by molar-refractivity contribution is 5.96. The molecule has 0 radical (unpaired) electrons. The van der Waals surface area contributed by atoms with Gasteiger partial charge in [-0.05, 0) is 41.7 Å². The van der Waals surface area contributed by atoms with Crippen LogP contribution in [0.4, 0.5) is 0 Å². The van der Waals surface area contributed by atoms with Crippen molar-refractivity contribution >= 4 is 40.6 Å². The fourth-order valence-corrected chi connectivity index (χ4v) is 4.41. The summed E-state index contributed by atoms with van der Waals surface area (Å²) in [6.45, 7) is 3.23. The minimum absolute atomic E-state index is 0.000767. The average molecular weight is 582 g/mol. The summed E-state index contributed by atoms with van der Waals surface area (Å²) in [6, 6.07) is 7.98. The third-order valence-electron chi connectivity index (χ3n) is 6.70. The van der Waals surface area contributed by atoms with E-state index in [4.69, 9.17) is 5.73 Å². The van der Waals surface area contributed by atoms with Crippen LogP contribution < -0.4 is 21.7 Å². The molecule has 42 heavy (non-hydrogen) atoms. The van der Waals surface area contributed by atoms with E-state index in [1.807, 2.05) is 24.3 Å². The maximum Gasteiger partial charge on any atom is 0.326 e. The normalized spacial score (nSPS) is 14.0. The number of nitrogens with one attached hydrogen (secondary N) is 4. The first-order valence-electron chi connectivity index (χ1n) is 13.3. The number of carbonyl (C=O) groups is 5. The van der Waals surface area contributed by atoms with Crippen molar-refractivity contribution in [2.45, 2.75) is 57.3 Å². The second kappa shape index (κ2) is 14.1. The van der Waals surface area contributed by atoms with E-state index in [0.29, 0.717) is 5.56 Å². The van der Waals surface area contributed by atoms with E-state index in [9.17, 15) is 39.3 Å². The molecule has 9 N–H and O–H groups in total. The van der Waals surface area contributed by atoms with Gasteiger partial charge >= 0.3 is 11.9 Å². The molecule has 0 spiro atoms. The van der Waals surface area contributed by atoms with Gasteiger partial charge < -0.3 is 42.0 Å². The van der Waals surface area contributed by atoms with E-state index in [1.54, 1.807) is 20.0 Å². The number of carboxylic acid groups (broad SMARTS) is 2. The molecule has 1 heterocycles. The molecule has 224 valence electrons. The second-order valence-electron chi connectivity index (χ2n) is 10.3. The molecule has 3 amide bonds. The molecule has 4 atom stereocenters. The molecule has 0 aliphatic heterocycles. The Morgan fingerprint density at radius 1 is 0.833 bits per heavy atom. The van der Waals surface area contributed by atoms with Crippen molar-refractivity contribution in [1.29, 1.82) is 0 Å². The number of hydrogen-bond donors (Lipinski definition) is 8. The van der Waals surface area contributed by atoms with Gasteiger partial charge in [0.2, 0.25) is 17.7 Å². The maximum atomic E-state index is 13.1. The van der Waals surface area contributed by atoms with Gasteiger partial charge in [-0.1, -0.05) is 44.2 Å². The van der Waals surface area contributed by atoms with Crippen molar-refractivity contribution in [3.05, 3.63) is 65.9 Å². The van der Waals surface area contributed by atoms with Crippen molar-refractivity contribution in [1.82, 2.24) is 20.9 Å². The van der Waals surface area contributed by atoms with Gasteiger partial charge in [0.05, 0.1) is 12.5 Å². The molecule has 0 saturated carbocycles. The number of carbonyl (C=O) groups excluding carboxylic acids is 3. The molecule has 3 aromatic rings. The Morgan fingerprint density at radius 2 is 1.48 bits per heavy atom. The Balaban J connectivity index is 1.68. The number of fused-ring (bicyclic) bond motifs is 1. The standard InChI is InChI=1S/C29H35N5O8/c1-15(2)25(28(40)33-23(29(41)42)11-16-7-9-18(35)10-8-16)34-27(39)22(13-24(36)37)32-26(38)20(30)12-17-14-31-21-6-4-3-5-19(17)21/h3-10,14-15,20,22-23,25,31,35H,11-13,30H2,1-2H3,(H,32,38)(H,33,40)(H,34,39)(H,36,37)(H,41,42). The molecule has 13 heteroatoms. The van der Waals surface area contributed by atoms with E-state index in [1.165, 1.54) is 24.3 Å². The monoisotopic (exact) mass is 581 g/mol. The molecule has 0 saturated heterocycles. The fraction of sp³-hybridized carbons (Fsp3) is 0.345. The minimum atomic E-state index is -1.55. The van der Waals surface area contributed by atoms with Gasteiger partial charge in [0.1, 0.15) is 23.9 Å². The number of para-hydroxylation sites is 1. The summed E-state index contributed by atoms with van der Waals surface area (Å²) in [5.41, 5.74) is 8.26. The molecule has 2 aromatic carbocycles. The first-order chi connectivity index (χ1) is 19.8. The third kappa shape index (κ3) is 8.54. The van der Waals surface area contributed by atoms with Crippen molar-refractivity contribution in [2.75, 3.05) is 0 Å². The molecule has 1 aromatic heterocycles. The Labute approximate surface area is 241 Å². The number of aromatic amines is 1. The van der Waals surface area contributed by atoms with Crippen LogP contribution in [-0.4, -0.2) is 74.1 Å². The number of rotatable bonds is 14. The zero-order valence-electron chi connectivity index (χ0n) is 23.2. The Hall–Kier alpha value is -4.91. The fourth-order valence-electron chi connectivity index (χ4n) is 4.41. The summed E-state index contributed by atoms with van der Waals surface area (Å²) < 4.78 is 0. The first-order valence-corrected chi connectivity index (χ1v) is 13.3. The summed E-state index contributed by atoms with van der Waals surface area (Å²) in [6.07, 6.45) is 0.970. The Morgan fingerprint density at radius 3 is 2.10 bits per heavy atom. The zero-order chi connectivity index (χ0) is 31.0. The third-order valence-corrected chi connectivity index (χ3v) is 6.70. The quantitative estimate of drug-likeness (QED) is 0.134. The van der Waals surface area contributed by atoms with E-state index < -0.39 is 66.2 Å². The summed E-state index contributed by atoms with van der Waals surface area (Å²) in [7, 11) is 0. The number of H-pyrrole nitrogens is 1. The van der Waals surface area contributed by atoms with Crippen molar-refractivity contribution in [2.24, 2.45) is 11.7 Å². The molecule has 0 fully saturated rings. The highest BCUT2D eigenvalue weighted by atomic mass is 16.4. The molecule has 13 nitrogen and oxygen atoms in total. The largest absolute Gasteiger partial charge is 0.508 e. The SMILES string of the molecule is CC(C)C(NC(=O)C(CC(=O)O)NC(=O)C(N)Cc1c[nH]c2ccccc12)C(=O)NC(Cc1ccc(O)cc1)C(=O)O. The number of hydrogen-bond acceptors (Lipinski definition) is 7. The number of aromatic hydroxyl groups is 1. The summed E-state index contributed by atoms with van der Waals surface area (Å²) in [5.74, 6) is -5.71. The van der Waals surface area contributed by atoms with Crippen LogP contribution in [0, 0.1) is 5.92 Å². The summed E-state index contributed by atoms with van der Waals surface area (Å²) in [4.78, 5) is 65.5. The van der Waals surface area contributed by atoms with Crippen LogP contribution >= 0.6 is 0 Å². The van der Waals surface area contributed by atoms with Crippen LogP contribution in [0.15, 0.2) is 54.7 Å². The second-order valence-corrected chi connectivity index (χ2v) is 10.3. The van der Waals surface area contributed by atoms with Gasteiger partial charge in [-0.2, -0.15) is 0 Å². The van der Waals surface area contributed by atoms with E-state index in [2.05, 4.69) is 20.9 Å². The predicted octanol–water partition coefficient (Wildman–Crippen LogP) is 0.656. The Kier molecular flexibility index (Phi) is 10.6. The van der Waals surface area contributed by atoms with E-state index in [-0.39, 0.29) is 18.6 Å². The number of phenols is 1. The first kappa shape index (κ1) is 31.6. The zero-order valence-corrected chi connectivity index (χ0v) is 23.2. The predicted molar refractivity (Wildman–Crippen MR) is 152 cm³/mol. The van der Waals surface area contributed by atoms with Crippen molar-refractivity contribution in [3.8, 4) is 5.75 Å². The van der Waals surface area contributed by atoms with Crippen LogP contribution in [0.5, 0.6) is 5.75 Å². The van der Waals surface area contributed by atoms with Gasteiger partial charge in [-0.15, -0.1) is 0 Å². The van der Waals surface area contributed by atoms with Crippen molar-refractivity contribution in [3.63, 3.8) is 0 Å².